The van der Waals surface area contributed by atoms with Crippen LogP contribution in [0.4, 0.5) is 4.39 Å². The molecule has 0 saturated heterocycles. The van der Waals surface area contributed by atoms with Crippen LogP contribution in [0.2, 0.25) is 0 Å². The average Bonchev–Trinajstić information content (AvgIpc) is 2.65. The number of benzene rings is 3. The molecule has 0 aliphatic rings. The second-order valence-electron chi connectivity index (χ2n) is 6.44. The molecule has 134 valence electrons. The van der Waals surface area contributed by atoms with E-state index in [9.17, 15) is 4.39 Å². The Hall–Kier alpha value is -2.65. The van der Waals surface area contributed by atoms with Crippen LogP contribution in [0.25, 0.3) is 0 Å². The maximum absolute atomic E-state index is 13.6. The van der Waals surface area contributed by atoms with Crippen LogP contribution in [0.1, 0.15) is 22.3 Å². The van der Waals surface area contributed by atoms with E-state index in [0.29, 0.717) is 13.0 Å². The Bertz CT molecular complexity index is 847. The van der Waals surface area contributed by atoms with Crippen molar-refractivity contribution in [2.75, 3.05) is 6.54 Å². The minimum atomic E-state index is -0.138. The first-order valence-corrected chi connectivity index (χ1v) is 8.92. The van der Waals surface area contributed by atoms with Crippen LogP contribution < -0.4 is 10.1 Å². The van der Waals surface area contributed by atoms with Gasteiger partial charge in [-0.05, 0) is 54.8 Å². The van der Waals surface area contributed by atoms with Crippen molar-refractivity contribution in [3.05, 3.63) is 101 Å². The summed E-state index contributed by atoms with van der Waals surface area (Å²) in [5.74, 6) is 0.723. The first-order valence-electron chi connectivity index (χ1n) is 8.92. The summed E-state index contributed by atoms with van der Waals surface area (Å²) in [6.07, 6.45) is 0.677. The highest BCUT2D eigenvalue weighted by molar-refractivity contribution is 5.29. The van der Waals surface area contributed by atoms with Gasteiger partial charge in [0.05, 0.1) is 0 Å². The summed E-state index contributed by atoms with van der Waals surface area (Å²) in [4.78, 5) is 0. The van der Waals surface area contributed by atoms with Crippen molar-refractivity contribution in [3.8, 4) is 5.75 Å². The van der Waals surface area contributed by atoms with Gasteiger partial charge in [-0.1, -0.05) is 60.2 Å². The fourth-order valence-electron chi connectivity index (χ4n) is 2.87. The van der Waals surface area contributed by atoms with Gasteiger partial charge in [0.1, 0.15) is 18.2 Å². The van der Waals surface area contributed by atoms with Crippen LogP contribution in [0.5, 0.6) is 5.75 Å². The second-order valence-corrected chi connectivity index (χ2v) is 6.44. The summed E-state index contributed by atoms with van der Waals surface area (Å²) in [6, 6.07) is 23.3. The molecule has 0 unspecified atom stereocenters. The number of nitrogens with one attached hydrogen (secondary N) is 1. The Labute approximate surface area is 154 Å². The fourth-order valence-corrected chi connectivity index (χ4v) is 2.87. The Morgan fingerprint density at radius 3 is 2.54 bits per heavy atom. The van der Waals surface area contributed by atoms with E-state index in [0.717, 1.165) is 30.0 Å². The molecular formula is C23H24FNO. The normalized spacial score (nSPS) is 10.7. The van der Waals surface area contributed by atoms with Crippen molar-refractivity contribution in [2.45, 2.75) is 26.5 Å². The molecule has 2 nitrogen and oxygen atoms in total. The van der Waals surface area contributed by atoms with E-state index in [4.69, 9.17) is 4.74 Å². The van der Waals surface area contributed by atoms with Gasteiger partial charge in [-0.25, -0.2) is 4.39 Å². The third-order valence-corrected chi connectivity index (χ3v) is 4.24. The molecule has 0 atom stereocenters. The molecule has 0 heterocycles. The van der Waals surface area contributed by atoms with Crippen molar-refractivity contribution in [2.24, 2.45) is 0 Å². The highest BCUT2D eigenvalue weighted by Crippen LogP contribution is 2.16. The summed E-state index contributed by atoms with van der Waals surface area (Å²) >= 11 is 0. The van der Waals surface area contributed by atoms with E-state index in [2.05, 4.69) is 36.5 Å². The lowest BCUT2D eigenvalue weighted by atomic mass is 10.1. The van der Waals surface area contributed by atoms with Gasteiger partial charge < -0.3 is 10.1 Å². The molecule has 0 spiro atoms. The Morgan fingerprint density at radius 1 is 0.885 bits per heavy atom. The molecule has 0 aliphatic carbocycles. The predicted octanol–water partition coefficient (Wildman–Crippen LogP) is 5.05. The van der Waals surface area contributed by atoms with Crippen molar-refractivity contribution < 1.29 is 9.13 Å². The summed E-state index contributed by atoms with van der Waals surface area (Å²) in [7, 11) is 0. The quantitative estimate of drug-likeness (QED) is 0.575. The molecule has 0 amide bonds. The van der Waals surface area contributed by atoms with Crippen LogP contribution in [-0.4, -0.2) is 6.54 Å². The van der Waals surface area contributed by atoms with E-state index in [1.807, 2.05) is 36.4 Å². The lowest BCUT2D eigenvalue weighted by Gasteiger charge is -2.10. The third kappa shape index (κ3) is 5.43. The van der Waals surface area contributed by atoms with E-state index >= 15 is 0 Å². The van der Waals surface area contributed by atoms with E-state index in [1.165, 1.54) is 17.2 Å². The number of hydrogen-bond acceptors (Lipinski definition) is 2. The lowest BCUT2D eigenvalue weighted by molar-refractivity contribution is 0.306. The molecular weight excluding hydrogens is 325 g/mol. The summed E-state index contributed by atoms with van der Waals surface area (Å²) in [5, 5.41) is 3.36. The molecule has 3 heteroatoms. The molecule has 0 bridgehead atoms. The SMILES string of the molecule is Cc1cccc(COc2cccc(CNCCc3ccccc3F)c2)c1. The zero-order valence-corrected chi connectivity index (χ0v) is 15.0. The van der Waals surface area contributed by atoms with E-state index in [-0.39, 0.29) is 5.82 Å². The third-order valence-electron chi connectivity index (χ3n) is 4.24. The highest BCUT2D eigenvalue weighted by atomic mass is 19.1. The zero-order valence-electron chi connectivity index (χ0n) is 15.0. The van der Waals surface area contributed by atoms with Gasteiger partial charge in [-0.2, -0.15) is 0 Å². The molecule has 3 rings (SSSR count). The van der Waals surface area contributed by atoms with Crippen LogP contribution in [-0.2, 0) is 19.6 Å². The Kier molecular flexibility index (Phi) is 6.39. The lowest BCUT2D eigenvalue weighted by Crippen LogP contribution is -2.17. The Balaban J connectivity index is 1.47. The first kappa shape index (κ1) is 18.2. The number of aryl methyl sites for hydroxylation is 1. The van der Waals surface area contributed by atoms with Gasteiger partial charge in [0.15, 0.2) is 0 Å². The molecule has 1 N–H and O–H groups in total. The molecule has 26 heavy (non-hydrogen) atoms. The smallest absolute Gasteiger partial charge is 0.126 e. The van der Waals surface area contributed by atoms with Gasteiger partial charge in [-0.3, -0.25) is 0 Å². The topological polar surface area (TPSA) is 21.3 Å². The summed E-state index contributed by atoms with van der Waals surface area (Å²) in [6.45, 7) is 4.11. The molecule has 0 aliphatic heterocycles. The van der Waals surface area contributed by atoms with Gasteiger partial charge in [0, 0.05) is 6.54 Å². The second kappa shape index (κ2) is 9.16. The monoisotopic (exact) mass is 349 g/mol. The molecule has 3 aromatic carbocycles. The minimum absolute atomic E-state index is 0.138. The van der Waals surface area contributed by atoms with Gasteiger partial charge in [-0.15, -0.1) is 0 Å². The van der Waals surface area contributed by atoms with Crippen molar-refractivity contribution in [3.63, 3.8) is 0 Å². The van der Waals surface area contributed by atoms with Crippen molar-refractivity contribution in [1.29, 1.82) is 0 Å². The molecule has 0 radical (unpaired) electrons. The standard InChI is InChI=1S/C23H24FNO/c1-18-6-4-8-20(14-18)17-26-22-10-5-7-19(15-22)16-25-13-12-21-9-2-3-11-23(21)24/h2-11,14-15,25H,12-13,16-17H2,1H3. The number of ether oxygens (including phenoxy) is 1. The number of rotatable bonds is 8. The zero-order chi connectivity index (χ0) is 18.2. The highest BCUT2D eigenvalue weighted by Gasteiger charge is 2.01. The maximum Gasteiger partial charge on any atom is 0.126 e. The Morgan fingerprint density at radius 2 is 1.69 bits per heavy atom. The molecule has 0 fully saturated rings. The molecule has 0 saturated carbocycles. The summed E-state index contributed by atoms with van der Waals surface area (Å²) in [5.41, 5.74) is 4.30. The van der Waals surface area contributed by atoms with Crippen LogP contribution in [0.3, 0.4) is 0 Å². The van der Waals surface area contributed by atoms with Gasteiger partial charge in [0.2, 0.25) is 0 Å². The molecule has 0 aromatic heterocycles. The van der Waals surface area contributed by atoms with Crippen LogP contribution >= 0.6 is 0 Å². The van der Waals surface area contributed by atoms with Crippen molar-refractivity contribution >= 4 is 0 Å². The van der Waals surface area contributed by atoms with Gasteiger partial charge in [0.25, 0.3) is 0 Å². The minimum Gasteiger partial charge on any atom is -0.489 e. The molecule has 3 aromatic rings. The van der Waals surface area contributed by atoms with Crippen LogP contribution in [0, 0.1) is 12.7 Å². The first-order chi connectivity index (χ1) is 12.7. The fraction of sp³-hybridized carbons (Fsp3) is 0.217. The van der Waals surface area contributed by atoms with E-state index in [1.54, 1.807) is 6.07 Å². The predicted molar refractivity (Wildman–Crippen MR) is 104 cm³/mol. The largest absolute Gasteiger partial charge is 0.489 e. The average molecular weight is 349 g/mol. The van der Waals surface area contributed by atoms with Crippen LogP contribution in [0.15, 0.2) is 72.8 Å². The van der Waals surface area contributed by atoms with Gasteiger partial charge >= 0.3 is 0 Å². The summed E-state index contributed by atoms with van der Waals surface area (Å²) < 4.78 is 19.5. The number of halogens is 1. The van der Waals surface area contributed by atoms with Crippen molar-refractivity contribution in [1.82, 2.24) is 5.32 Å². The van der Waals surface area contributed by atoms with E-state index < -0.39 is 0 Å². The number of hydrogen-bond donors (Lipinski definition) is 1. The maximum atomic E-state index is 13.6.